The molecule has 0 fully saturated rings. The summed E-state index contributed by atoms with van der Waals surface area (Å²) >= 11 is 5.70. The van der Waals surface area contributed by atoms with Gasteiger partial charge in [-0.3, -0.25) is 0 Å². The number of carboxylic acids is 1. The normalized spacial score (nSPS) is 12.0. The van der Waals surface area contributed by atoms with Crippen molar-refractivity contribution in [1.29, 1.82) is 0 Å². The predicted molar refractivity (Wildman–Crippen MR) is 89.1 cm³/mol. The molecule has 0 saturated carbocycles. The maximum atomic E-state index is 12.0. The highest BCUT2D eigenvalue weighted by Gasteiger charge is 2.38. The molecular formula is C14H11ClF3NO6S2. The van der Waals surface area contributed by atoms with Crippen LogP contribution in [0, 0.1) is 0 Å². The summed E-state index contributed by atoms with van der Waals surface area (Å²) in [5, 5.41) is 7.32. The average Bonchev–Trinajstić information content (AvgIpc) is 2.54. The van der Waals surface area contributed by atoms with Gasteiger partial charge in [-0.1, -0.05) is 35.9 Å². The van der Waals surface area contributed by atoms with Gasteiger partial charge in [-0.15, -0.1) is 4.13 Å². The molecule has 2 N–H and O–H groups in total. The van der Waals surface area contributed by atoms with Crippen LogP contribution in [0.2, 0.25) is 5.02 Å². The van der Waals surface area contributed by atoms with E-state index >= 15 is 0 Å². The summed E-state index contributed by atoms with van der Waals surface area (Å²) in [6.45, 7) is 0. The molecule has 0 unspecified atom stereocenters. The second-order valence-corrected chi connectivity index (χ2v) is 8.72. The molecule has 148 valence electrons. The summed E-state index contributed by atoms with van der Waals surface area (Å²) in [5.41, 5.74) is 0. The minimum atomic E-state index is -5.08. The van der Waals surface area contributed by atoms with Crippen molar-refractivity contribution in [2.24, 2.45) is 0 Å². The summed E-state index contributed by atoms with van der Waals surface area (Å²) in [4.78, 5) is 8.54. The Bertz CT molecular complexity index is 1010. The first-order chi connectivity index (χ1) is 12.3. The quantitative estimate of drug-likeness (QED) is 0.747. The summed E-state index contributed by atoms with van der Waals surface area (Å²) in [6.07, 6.45) is -5.08. The van der Waals surface area contributed by atoms with Crippen LogP contribution < -0.4 is 4.13 Å². The third kappa shape index (κ3) is 7.17. The lowest BCUT2D eigenvalue weighted by molar-refractivity contribution is -0.192. The molecule has 2 aromatic carbocycles. The molecule has 0 atom stereocenters. The number of halogens is 4. The summed E-state index contributed by atoms with van der Waals surface area (Å²) in [6, 6.07) is 12.6. The van der Waals surface area contributed by atoms with Crippen molar-refractivity contribution in [3.05, 3.63) is 59.6 Å². The van der Waals surface area contributed by atoms with Gasteiger partial charge >= 0.3 is 12.1 Å². The van der Waals surface area contributed by atoms with Crippen LogP contribution >= 0.6 is 11.6 Å². The third-order valence-electron chi connectivity index (χ3n) is 2.62. The molecule has 0 aliphatic carbocycles. The third-order valence-corrected chi connectivity index (χ3v) is 6.38. The predicted octanol–water partition coefficient (Wildman–Crippen LogP) is 2.64. The van der Waals surface area contributed by atoms with Gasteiger partial charge in [0.25, 0.3) is 20.0 Å². The number of nitrogens with one attached hydrogen (secondary N) is 1. The minimum Gasteiger partial charge on any atom is -0.475 e. The molecule has 0 heterocycles. The maximum absolute atomic E-state index is 12.0. The molecule has 0 saturated heterocycles. The van der Waals surface area contributed by atoms with E-state index in [-0.39, 0.29) is 14.8 Å². The van der Waals surface area contributed by atoms with Gasteiger partial charge < -0.3 is 5.11 Å². The minimum absolute atomic E-state index is 0.134. The summed E-state index contributed by atoms with van der Waals surface area (Å²) in [7, 11) is -8.37. The highest BCUT2D eigenvalue weighted by molar-refractivity contribution is 8.04. The van der Waals surface area contributed by atoms with Crippen molar-refractivity contribution < 1.29 is 39.9 Å². The van der Waals surface area contributed by atoms with E-state index in [4.69, 9.17) is 21.5 Å². The zero-order chi connectivity index (χ0) is 20.9. The number of benzene rings is 2. The Balaban J connectivity index is 0.000000445. The van der Waals surface area contributed by atoms with Crippen molar-refractivity contribution in [1.82, 2.24) is 4.13 Å². The highest BCUT2D eigenvalue weighted by atomic mass is 35.5. The average molecular weight is 446 g/mol. The molecule has 0 aliphatic rings. The number of alkyl halides is 3. The largest absolute Gasteiger partial charge is 0.490 e. The van der Waals surface area contributed by atoms with Crippen molar-refractivity contribution in [2.45, 2.75) is 16.0 Å². The van der Waals surface area contributed by atoms with E-state index in [1.807, 2.05) is 0 Å². The fourth-order valence-electron chi connectivity index (χ4n) is 1.47. The molecule has 2 aromatic rings. The summed E-state index contributed by atoms with van der Waals surface area (Å²) in [5.74, 6) is -2.76. The summed E-state index contributed by atoms with van der Waals surface area (Å²) < 4.78 is 81.4. The van der Waals surface area contributed by atoms with Crippen molar-refractivity contribution in [3.63, 3.8) is 0 Å². The fraction of sp³-hybridized carbons (Fsp3) is 0.0714. The molecule has 0 amide bonds. The number of hydrogen-bond donors (Lipinski definition) is 2. The zero-order valence-corrected chi connectivity index (χ0v) is 15.4. The molecule has 2 rings (SSSR count). The van der Waals surface area contributed by atoms with Gasteiger partial charge in [-0.05, 0) is 30.3 Å². The molecule has 0 spiro atoms. The molecule has 27 heavy (non-hydrogen) atoms. The molecular weight excluding hydrogens is 435 g/mol. The lowest BCUT2D eigenvalue weighted by Gasteiger charge is -2.08. The van der Waals surface area contributed by atoms with E-state index < -0.39 is 32.2 Å². The smallest absolute Gasteiger partial charge is 0.475 e. The van der Waals surface area contributed by atoms with E-state index in [0.717, 1.165) is 0 Å². The van der Waals surface area contributed by atoms with Gasteiger partial charge in [0, 0.05) is 5.02 Å². The van der Waals surface area contributed by atoms with Crippen molar-refractivity contribution >= 4 is 37.6 Å². The van der Waals surface area contributed by atoms with Crippen LogP contribution in [-0.2, 0) is 24.8 Å². The van der Waals surface area contributed by atoms with Gasteiger partial charge in [-0.2, -0.15) is 13.2 Å². The maximum Gasteiger partial charge on any atom is 0.490 e. The molecule has 13 heteroatoms. The van der Waals surface area contributed by atoms with E-state index in [2.05, 4.69) is 0 Å². The van der Waals surface area contributed by atoms with Crippen LogP contribution in [-0.4, -0.2) is 34.1 Å². The van der Waals surface area contributed by atoms with Crippen LogP contribution in [0.4, 0.5) is 13.2 Å². The van der Waals surface area contributed by atoms with Gasteiger partial charge in [0.05, 0.1) is 9.79 Å². The Morgan fingerprint density at radius 1 is 0.889 bits per heavy atom. The monoisotopic (exact) mass is 445 g/mol. The SMILES string of the molecule is O=C(O)C(F)(F)F.O=S(=O)(NS(=O)(=O)c1cccc(Cl)c1)c1ccccc1. The molecule has 0 bridgehead atoms. The Labute approximate surface area is 157 Å². The lowest BCUT2D eigenvalue weighted by Crippen LogP contribution is -2.30. The highest BCUT2D eigenvalue weighted by Crippen LogP contribution is 2.17. The Morgan fingerprint density at radius 2 is 1.33 bits per heavy atom. The van der Waals surface area contributed by atoms with E-state index in [1.165, 1.54) is 48.5 Å². The first-order valence-corrected chi connectivity index (χ1v) is 9.99. The van der Waals surface area contributed by atoms with Gasteiger partial charge in [0.15, 0.2) is 0 Å². The number of carbonyl (C=O) groups is 1. The second-order valence-electron chi connectivity index (χ2n) is 4.66. The van der Waals surface area contributed by atoms with Crippen LogP contribution in [0.25, 0.3) is 0 Å². The lowest BCUT2D eigenvalue weighted by atomic mass is 10.4. The molecule has 0 aromatic heterocycles. The Kier molecular flexibility index (Phi) is 7.37. The Hall–Kier alpha value is -2.15. The Morgan fingerprint density at radius 3 is 1.78 bits per heavy atom. The number of hydrogen-bond acceptors (Lipinski definition) is 5. The van der Waals surface area contributed by atoms with Gasteiger partial charge in [0.2, 0.25) is 0 Å². The molecule has 7 nitrogen and oxygen atoms in total. The zero-order valence-electron chi connectivity index (χ0n) is 13.0. The molecule has 0 radical (unpaired) electrons. The molecule has 0 aliphatic heterocycles. The van der Waals surface area contributed by atoms with Gasteiger partial charge in [-0.25, -0.2) is 21.6 Å². The number of rotatable bonds is 4. The van der Waals surface area contributed by atoms with E-state index in [0.29, 0.717) is 0 Å². The number of sulfonamides is 2. The van der Waals surface area contributed by atoms with Crippen molar-refractivity contribution in [3.8, 4) is 0 Å². The van der Waals surface area contributed by atoms with Crippen molar-refractivity contribution in [2.75, 3.05) is 0 Å². The topological polar surface area (TPSA) is 118 Å². The number of aliphatic carboxylic acids is 1. The second kappa shape index (κ2) is 8.69. The fourth-order valence-corrected chi connectivity index (χ4v) is 4.71. The van der Waals surface area contributed by atoms with E-state index in [9.17, 15) is 30.0 Å². The first kappa shape index (κ1) is 22.9. The van der Waals surface area contributed by atoms with Crippen LogP contribution in [0.15, 0.2) is 64.4 Å². The number of carboxylic acid groups (broad SMARTS) is 1. The van der Waals surface area contributed by atoms with Crippen LogP contribution in [0.3, 0.4) is 0 Å². The first-order valence-electron chi connectivity index (χ1n) is 6.65. The van der Waals surface area contributed by atoms with Crippen LogP contribution in [0.1, 0.15) is 0 Å². The van der Waals surface area contributed by atoms with Crippen LogP contribution in [0.5, 0.6) is 0 Å². The van der Waals surface area contributed by atoms with E-state index in [1.54, 1.807) is 10.2 Å². The van der Waals surface area contributed by atoms with Gasteiger partial charge in [0.1, 0.15) is 0 Å². The standard InChI is InChI=1S/C12H10ClNO4S2.C2HF3O2/c13-10-5-4-8-12(9-10)20(17,18)14-19(15,16)11-6-2-1-3-7-11;3-2(4,5)1(6)7/h1-9,14H;(H,6,7).